The van der Waals surface area contributed by atoms with E-state index in [0.717, 1.165) is 5.39 Å². The lowest BCUT2D eigenvalue weighted by Gasteiger charge is -2.04. The number of carbonyl (C=O) groups excluding carboxylic acids is 1. The first-order valence-electron chi connectivity index (χ1n) is 5.49. The Morgan fingerprint density at radius 3 is 2.78 bits per heavy atom. The van der Waals surface area contributed by atoms with E-state index in [1.54, 1.807) is 18.3 Å². The maximum absolute atomic E-state index is 12.0. The lowest BCUT2D eigenvalue weighted by molar-refractivity contribution is 0.102. The molecule has 0 aliphatic rings. The fraction of sp³-hybridized carbons (Fsp3) is 0. The van der Waals surface area contributed by atoms with Crippen LogP contribution in [-0.4, -0.2) is 20.9 Å². The van der Waals surface area contributed by atoms with Gasteiger partial charge in [0.1, 0.15) is 17.8 Å². The average molecular weight is 238 g/mol. The SMILES string of the molecule is O=C(Nc1ncnc2[nH]ccc12)c1ccccc1. The first kappa shape index (κ1) is 10.5. The second-order valence-electron chi connectivity index (χ2n) is 3.78. The second-order valence-corrected chi connectivity index (χ2v) is 3.78. The van der Waals surface area contributed by atoms with Gasteiger partial charge in [-0.3, -0.25) is 4.79 Å². The summed E-state index contributed by atoms with van der Waals surface area (Å²) in [6.45, 7) is 0. The minimum atomic E-state index is -0.184. The summed E-state index contributed by atoms with van der Waals surface area (Å²) in [6.07, 6.45) is 3.18. The summed E-state index contributed by atoms with van der Waals surface area (Å²) in [4.78, 5) is 23.1. The lowest BCUT2D eigenvalue weighted by atomic mass is 10.2. The fourth-order valence-corrected chi connectivity index (χ4v) is 1.74. The Bertz CT molecular complexity index is 690. The predicted octanol–water partition coefficient (Wildman–Crippen LogP) is 2.21. The van der Waals surface area contributed by atoms with Crippen molar-refractivity contribution in [2.24, 2.45) is 0 Å². The van der Waals surface area contributed by atoms with Gasteiger partial charge in [0.05, 0.1) is 5.39 Å². The third kappa shape index (κ3) is 1.82. The van der Waals surface area contributed by atoms with E-state index in [9.17, 15) is 4.79 Å². The van der Waals surface area contributed by atoms with Gasteiger partial charge >= 0.3 is 0 Å². The van der Waals surface area contributed by atoms with E-state index in [0.29, 0.717) is 17.0 Å². The molecule has 88 valence electrons. The maximum Gasteiger partial charge on any atom is 0.256 e. The topological polar surface area (TPSA) is 70.7 Å². The van der Waals surface area contributed by atoms with Crippen molar-refractivity contribution < 1.29 is 4.79 Å². The van der Waals surface area contributed by atoms with Gasteiger partial charge in [-0.1, -0.05) is 18.2 Å². The number of nitrogens with one attached hydrogen (secondary N) is 2. The Morgan fingerprint density at radius 1 is 1.11 bits per heavy atom. The van der Waals surface area contributed by atoms with Gasteiger partial charge in [0.15, 0.2) is 0 Å². The molecule has 5 heteroatoms. The van der Waals surface area contributed by atoms with Gasteiger partial charge in [0, 0.05) is 11.8 Å². The summed E-state index contributed by atoms with van der Waals surface area (Å²) in [5.74, 6) is 0.326. The van der Waals surface area contributed by atoms with Crippen molar-refractivity contribution in [2.45, 2.75) is 0 Å². The number of benzene rings is 1. The van der Waals surface area contributed by atoms with Crippen molar-refractivity contribution in [3.05, 3.63) is 54.5 Å². The molecule has 0 spiro atoms. The van der Waals surface area contributed by atoms with Gasteiger partial charge < -0.3 is 10.3 Å². The number of fused-ring (bicyclic) bond motifs is 1. The lowest BCUT2D eigenvalue weighted by Crippen LogP contribution is -2.13. The molecule has 0 saturated heterocycles. The number of H-pyrrole nitrogens is 1. The molecule has 0 atom stereocenters. The Hall–Kier alpha value is -2.69. The van der Waals surface area contributed by atoms with E-state index in [4.69, 9.17) is 0 Å². The van der Waals surface area contributed by atoms with E-state index >= 15 is 0 Å². The second kappa shape index (κ2) is 4.29. The Balaban J connectivity index is 1.93. The van der Waals surface area contributed by atoms with Crippen LogP contribution in [0.3, 0.4) is 0 Å². The number of hydrogen-bond donors (Lipinski definition) is 2. The van der Waals surface area contributed by atoms with Crippen LogP contribution in [0.1, 0.15) is 10.4 Å². The highest BCUT2D eigenvalue weighted by atomic mass is 16.1. The molecule has 0 saturated carbocycles. The summed E-state index contributed by atoms with van der Waals surface area (Å²) in [7, 11) is 0. The molecule has 2 N–H and O–H groups in total. The molecular formula is C13H10N4O. The number of carbonyl (C=O) groups is 1. The van der Waals surface area contributed by atoms with Crippen LogP contribution in [0, 0.1) is 0 Å². The van der Waals surface area contributed by atoms with Crippen LogP contribution in [0.25, 0.3) is 11.0 Å². The highest BCUT2D eigenvalue weighted by Gasteiger charge is 2.09. The standard InChI is InChI=1S/C13H10N4O/c18-13(9-4-2-1-3-5-9)17-12-10-6-7-14-11(10)15-8-16-12/h1-8H,(H2,14,15,16,17,18). The molecule has 1 aromatic carbocycles. The van der Waals surface area contributed by atoms with Crippen molar-refractivity contribution in [3.8, 4) is 0 Å². The molecule has 0 aliphatic carbocycles. The van der Waals surface area contributed by atoms with Gasteiger partial charge in [0.2, 0.25) is 0 Å². The average Bonchev–Trinajstić information content (AvgIpc) is 2.89. The number of aromatic nitrogens is 3. The largest absolute Gasteiger partial charge is 0.346 e. The van der Waals surface area contributed by atoms with E-state index in [1.807, 2.05) is 24.3 Å². The number of hydrogen-bond acceptors (Lipinski definition) is 3. The van der Waals surface area contributed by atoms with Crippen molar-refractivity contribution >= 4 is 22.8 Å². The normalized spacial score (nSPS) is 10.4. The highest BCUT2D eigenvalue weighted by Crippen LogP contribution is 2.18. The summed E-state index contributed by atoms with van der Waals surface area (Å²) in [5.41, 5.74) is 1.30. The van der Waals surface area contributed by atoms with Crippen molar-refractivity contribution in [1.29, 1.82) is 0 Å². The summed E-state index contributed by atoms with van der Waals surface area (Å²) in [5, 5.41) is 3.57. The molecule has 0 fully saturated rings. The number of aromatic amines is 1. The molecule has 0 aliphatic heterocycles. The summed E-state index contributed by atoms with van der Waals surface area (Å²) in [6, 6.07) is 10.8. The number of anilines is 1. The van der Waals surface area contributed by atoms with Crippen molar-refractivity contribution in [3.63, 3.8) is 0 Å². The van der Waals surface area contributed by atoms with Crippen molar-refractivity contribution in [1.82, 2.24) is 15.0 Å². The molecule has 2 aromatic heterocycles. The Labute approximate surface area is 103 Å². The zero-order valence-corrected chi connectivity index (χ0v) is 9.42. The summed E-state index contributed by atoms with van der Waals surface area (Å²) < 4.78 is 0. The zero-order chi connectivity index (χ0) is 12.4. The van der Waals surface area contributed by atoms with E-state index < -0.39 is 0 Å². The van der Waals surface area contributed by atoms with Crippen LogP contribution in [0.5, 0.6) is 0 Å². The van der Waals surface area contributed by atoms with Gasteiger partial charge in [-0.05, 0) is 18.2 Å². The molecular weight excluding hydrogens is 228 g/mol. The molecule has 5 nitrogen and oxygen atoms in total. The fourth-order valence-electron chi connectivity index (χ4n) is 1.74. The maximum atomic E-state index is 12.0. The van der Waals surface area contributed by atoms with E-state index in [1.165, 1.54) is 6.33 Å². The van der Waals surface area contributed by atoms with E-state index in [2.05, 4.69) is 20.3 Å². The van der Waals surface area contributed by atoms with Gasteiger partial charge in [-0.15, -0.1) is 0 Å². The number of nitrogens with zero attached hydrogens (tertiary/aromatic N) is 2. The number of amides is 1. The third-order valence-corrected chi connectivity index (χ3v) is 2.62. The van der Waals surface area contributed by atoms with Gasteiger partial charge in [-0.2, -0.15) is 0 Å². The molecule has 0 bridgehead atoms. The van der Waals surface area contributed by atoms with Crippen LogP contribution in [-0.2, 0) is 0 Å². The minimum absolute atomic E-state index is 0.184. The van der Waals surface area contributed by atoms with Gasteiger partial charge in [-0.25, -0.2) is 9.97 Å². The zero-order valence-electron chi connectivity index (χ0n) is 9.42. The third-order valence-electron chi connectivity index (χ3n) is 2.62. The molecule has 3 rings (SSSR count). The first-order chi connectivity index (χ1) is 8.84. The van der Waals surface area contributed by atoms with E-state index in [-0.39, 0.29) is 5.91 Å². The Morgan fingerprint density at radius 2 is 1.94 bits per heavy atom. The minimum Gasteiger partial charge on any atom is -0.346 e. The molecule has 18 heavy (non-hydrogen) atoms. The smallest absolute Gasteiger partial charge is 0.256 e. The van der Waals surface area contributed by atoms with Crippen molar-refractivity contribution in [2.75, 3.05) is 5.32 Å². The molecule has 0 radical (unpaired) electrons. The number of rotatable bonds is 2. The quantitative estimate of drug-likeness (QED) is 0.719. The predicted molar refractivity (Wildman–Crippen MR) is 68.3 cm³/mol. The van der Waals surface area contributed by atoms with Crippen LogP contribution < -0.4 is 5.32 Å². The highest BCUT2D eigenvalue weighted by molar-refractivity contribution is 6.07. The molecule has 3 aromatic rings. The summed E-state index contributed by atoms with van der Waals surface area (Å²) >= 11 is 0. The monoisotopic (exact) mass is 238 g/mol. The molecule has 0 unspecified atom stereocenters. The van der Waals surface area contributed by atoms with Crippen LogP contribution in [0.4, 0.5) is 5.82 Å². The first-order valence-corrected chi connectivity index (χ1v) is 5.49. The van der Waals surface area contributed by atoms with Crippen LogP contribution in [0.2, 0.25) is 0 Å². The Kier molecular flexibility index (Phi) is 2.49. The molecule has 2 heterocycles. The van der Waals surface area contributed by atoms with Crippen LogP contribution >= 0.6 is 0 Å². The molecule has 1 amide bonds. The van der Waals surface area contributed by atoms with Gasteiger partial charge in [0.25, 0.3) is 5.91 Å². The van der Waals surface area contributed by atoms with Crippen LogP contribution in [0.15, 0.2) is 48.9 Å².